The molecule has 2 aromatic rings. The molecule has 30 heavy (non-hydrogen) atoms. The second-order valence-corrected chi connectivity index (χ2v) is 7.01. The van der Waals surface area contributed by atoms with Crippen LogP contribution in [0.3, 0.4) is 0 Å². The SMILES string of the molecule is CCNC(=NCC(C)N(C)Cc1ccccc1)Nc1cc(OC)c(OC)c(OC)c1. The summed E-state index contributed by atoms with van der Waals surface area (Å²) in [5.41, 5.74) is 2.09. The zero-order valence-electron chi connectivity index (χ0n) is 18.9. The quantitative estimate of drug-likeness (QED) is 0.457. The molecule has 2 N–H and O–H groups in total. The van der Waals surface area contributed by atoms with Gasteiger partial charge in [-0.15, -0.1) is 0 Å². The van der Waals surface area contributed by atoms with E-state index in [1.54, 1.807) is 21.3 Å². The zero-order valence-corrected chi connectivity index (χ0v) is 18.9. The summed E-state index contributed by atoms with van der Waals surface area (Å²) in [6.45, 7) is 6.51. The first-order valence-electron chi connectivity index (χ1n) is 10.1. The molecule has 0 heterocycles. The summed E-state index contributed by atoms with van der Waals surface area (Å²) >= 11 is 0. The number of likely N-dealkylation sites (N-methyl/N-ethyl adjacent to an activating group) is 1. The summed E-state index contributed by atoms with van der Waals surface area (Å²) < 4.78 is 16.3. The van der Waals surface area contributed by atoms with Gasteiger partial charge in [-0.1, -0.05) is 30.3 Å². The summed E-state index contributed by atoms with van der Waals surface area (Å²) in [5.74, 6) is 2.44. The topological polar surface area (TPSA) is 67.4 Å². The van der Waals surface area contributed by atoms with E-state index in [1.165, 1.54) is 5.56 Å². The molecule has 0 aromatic heterocycles. The van der Waals surface area contributed by atoms with E-state index < -0.39 is 0 Å². The molecule has 7 heteroatoms. The summed E-state index contributed by atoms with van der Waals surface area (Å²) in [4.78, 5) is 7.06. The van der Waals surface area contributed by atoms with Gasteiger partial charge in [0.2, 0.25) is 5.75 Å². The molecule has 0 aliphatic heterocycles. The molecular formula is C23H34N4O3. The summed E-state index contributed by atoms with van der Waals surface area (Å²) in [7, 11) is 6.91. The van der Waals surface area contributed by atoms with Crippen LogP contribution in [0.5, 0.6) is 17.2 Å². The van der Waals surface area contributed by atoms with Crippen LogP contribution in [0.1, 0.15) is 19.4 Å². The fraction of sp³-hybridized carbons (Fsp3) is 0.435. The van der Waals surface area contributed by atoms with Gasteiger partial charge in [0.15, 0.2) is 17.5 Å². The Morgan fingerprint density at radius 1 is 1.03 bits per heavy atom. The highest BCUT2D eigenvalue weighted by Crippen LogP contribution is 2.39. The monoisotopic (exact) mass is 414 g/mol. The third kappa shape index (κ3) is 6.56. The third-order valence-corrected chi connectivity index (χ3v) is 4.81. The lowest BCUT2D eigenvalue weighted by Gasteiger charge is -2.24. The van der Waals surface area contributed by atoms with Gasteiger partial charge in [0, 0.05) is 37.0 Å². The molecule has 0 spiro atoms. The maximum absolute atomic E-state index is 5.44. The van der Waals surface area contributed by atoms with Crippen LogP contribution in [0.2, 0.25) is 0 Å². The van der Waals surface area contributed by atoms with E-state index in [-0.39, 0.29) is 6.04 Å². The number of nitrogens with zero attached hydrogens (tertiary/aromatic N) is 2. The molecule has 0 radical (unpaired) electrons. The van der Waals surface area contributed by atoms with Gasteiger partial charge in [0.25, 0.3) is 0 Å². The number of ether oxygens (including phenoxy) is 3. The zero-order chi connectivity index (χ0) is 21.9. The Balaban J connectivity index is 2.10. The average Bonchev–Trinajstić information content (AvgIpc) is 2.77. The van der Waals surface area contributed by atoms with Crippen LogP contribution >= 0.6 is 0 Å². The van der Waals surface area contributed by atoms with Crippen molar-refractivity contribution in [2.24, 2.45) is 4.99 Å². The minimum Gasteiger partial charge on any atom is -0.493 e. The molecule has 0 saturated heterocycles. The minimum absolute atomic E-state index is 0.278. The normalized spacial score (nSPS) is 12.4. The molecule has 0 aliphatic rings. The highest BCUT2D eigenvalue weighted by atomic mass is 16.5. The Labute approximate surface area is 180 Å². The Hall–Kier alpha value is -2.93. The smallest absolute Gasteiger partial charge is 0.203 e. The summed E-state index contributed by atoms with van der Waals surface area (Å²) in [6.07, 6.45) is 0. The van der Waals surface area contributed by atoms with Crippen LogP contribution in [0, 0.1) is 0 Å². The number of anilines is 1. The van der Waals surface area contributed by atoms with Gasteiger partial charge in [0.1, 0.15) is 0 Å². The van der Waals surface area contributed by atoms with Crippen LogP contribution < -0.4 is 24.8 Å². The van der Waals surface area contributed by atoms with E-state index in [0.29, 0.717) is 29.8 Å². The summed E-state index contributed by atoms with van der Waals surface area (Å²) in [5, 5.41) is 6.62. The highest BCUT2D eigenvalue weighted by Gasteiger charge is 2.14. The molecule has 0 bridgehead atoms. The number of benzene rings is 2. The van der Waals surface area contributed by atoms with Crippen molar-refractivity contribution in [2.75, 3.05) is 46.8 Å². The van der Waals surface area contributed by atoms with Gasteiger partial charge < -0.3 is 24.8 Å². The molecular weight excluding hydrogens is 380 g/mol. The van der Waals surface area contributed by atoms with Gasteiger partial charge in [-0.3, -0.25) is 9.89 Å². The van der Waals surface area contributed by atoms with E-state index in [9.17, 15) is 0 Å². The Kier molecular flexibility index (Phi) is 9.28. The first kappa shape index (κ1) is 23.3. The second kappa shape index (κ2) is 11.9. The molecule has 7 nitrogen and oxygen atoms in total. The van der Waals surface area contributed by atoms with Crippen molar-refractivity contribution in [1.29, 1.82) is 0 Å². The lowest BCUT2D eigenvalue weighted by molar-refractivity contribution is 0.255. The number of nitrogens with one attached hydrogen (secondary N) is 2. The number of aliphatic imine (C=N–C) groups is 1. The molecule has 1 unspecified atom stereocenters. The van der Waals surface area contributed by atoms with E-state index in [1.807, 2.05) is 25.1 Å². The Bertz CT molecular complexity index is 786. The van der Waals surface area contributed by atoms with Gasteiger partial charge in [-0.05, 0) is 26.5 Å². The first-order valence-corrected chi connectivity index (χ1v) is 10.1. The maximum Gasteiger partial charge on any atom is 0.203 e. The molecule has 0 saturated carbocycles. The number of methoxy groups -OCH3 is 3. The predicted octanol–water partition coefficient (Wildman–Crippen LogP) is 3.61. The van der Waals surface area contributed by atoms with Gasteiger partial charge >= 0.3 is 0 Å². The fourth-order valence-electron chi connectivity index (χ4n) is 2.99. The number of rotatable bonds is 10. The average molecular weight is 415 g/mol. The van der Waals surface area contributed by atoms with Crippen LogP contribution in [0.4, 0.5) is 5.69 Å². The van der Waals surface area contributed by atoms with E-state index >= 15 is 0 Å². The van der Waals surface area contributed by atoms with Crippen LogP contribution in [-0.4, -0.2) is 58.4 Å². The maximum atomic E-state index is 5.44. The summed E-state index contributed by atoms with van der Waals surface area (Å²) in [6, 6.07) is 14.5. The molecule has 0 aliphatic carbocycles. The lowest BCUT2D eigenvalue weighted by atomic mass is 10.2. The van der Waals surface area contributed by atoms with Crippen molar-refractivity contribution in [3.05, 3.63) is 48.0 Å². The minimum atomic E-state index is 0.278. The van der Waals surface area contributed by atoms with Gasteiger partial charge in [-0.25, -0.2) is 0 Å². The van der Waals surface area contributed by atoms with Crippen LogP contribution in [-0.2, 0) is 6.54 Å². The molecule has 164 valence electrons. The van der Waals surface area contributed by atoms with Crippen LogP contribution in [0.25, 0.3) is 0 Å². The van der Waals surface area contributed by atoms with Crippen molar-refractivity contribution in [2.45, 2.75) is 26.4 Å². The van der Waals surface area contributed by atoms with E-state index in [4.69, 9.17) is 19.2 Å². The molecule has 1 atom stereocenters. The first-order chi connectivity index (χ1) is 14.5. The highest BCUT2D eigenvalue weighted by molar-refractivity contribution is 5.94. The molecule has 0 amide bonds. The van der Waals surface area contributed by atoms with E-state index in [2.05, 4.69) is 53.8 Å². The van der Waals surface area contributed by atoms with Crippen molar-refractivity contribution in [3.8, 4) is 17.2 Å². The fourth-order valence-corrected chi connectivity index (χ4v) is 2.99. The Morgan fingerprint density at radius 2 is 1.67 bits per heavy atom. The largest absolute Gasteiger partial charge is 0.493 e. The van der Waals surface area contributed by atoms with Gasteiger partial charge in [-0.2, -0.15) is 0 Å². The van der Waals surface area contributed by atoms with E-state index in [0.717, 1.165) is 18.8 Å². The molecule has 2 aromatic carbocycles. The van der Waals surface area contributed by atoms with Gasteiger partial charge in [0.05, 0.1) is 27.9 Å². The van der Waals surface area contributed by atoms with Crippen molar-refractivity contribution >= 4 is 11.6 Å². The molecule has 2 rings (SSSR count). The predicted molar refractivity (Wildman–Crippen MR) is 123 cm³/mol. The van der Waals surface area contributed by atoms with Crippen molar-refractivity contribution in [3.63, 3.8) is 0 Å². The number of guanidine groups is 1. The number of hydrogen-bond donors (Lipinski definition) is 2. The third-order valence-electron chi connectivity index (χ3n) is 4.81. The Morgan fingerprint density at radius 3 is 2.20 bits per heavy atom. The second-order valence-electron chi connectivity index (χ2n) is 7.01. The van der Waals surface area contributed by atoms with Crippen LogP contribution in [0.15, 0.2) is 47.5 Å². The molecule has 0 fully saturated rings. The standard InChI is InChI=1S/C23H34N4O3/c1-7-24-23(25-15-17(2)27(3)16-18-11-9-8-10-12-18)26-19-13-20(28-4)22(30-6)21(14-19)29-5/h8-14,17H,7,15-16H2,1-6H3,(H2,24,25,26). The van der Waals surface area contributed by atoms with Crippen molar-refractivity contribution < 1.29 is 14.2 Å². The lowest BCUT2D eigenvalue weighted by Crippen LogP contribution is -2.35. The number of hydrogen-bond acceptors (Lipinski definition) is 5. The van der Waals surface area contributed by atoms with Crippen molar-refractivity contribution in [1.82, 2.24) is 10.2 Å².